The van der Waals surface area contributed by atoms with Crippen LogP contribution < -0.4 is 0 Å². The van der Waals surface area contributed by atoms with Gasteiger partial charge in [-0.15, -0.1) is 11.3 Å². The molecule has 0 N–H and O–H groups in total. The van der Waals surface area contributed by atoms with Gasteiger partial charge in [-0.2, -0.15) is 0 Å². The summed E-state index contributed by atoms with van der Waals surface area (Å²) in [7, 11) is 0. The van der Waals surface area contributed by atoms with Gasteiger partial charge in [-0.05, 0) is 25.5 Å². The van der Waals surface area contributed by atoms with E-state index in [1.807, 2.05) is 18.4 Å². The van der Waals surface area contributed by atoms with E-state index in [2.05, 4.69) is 4.98 Å². The second-order valence-electron chi connectivity index (χ2n) is 3.27. The molecular weight excluding hydrogens is 197 g/mol. The highest BCUT2D eigenvalue weighted by Gasteiger charge is 2.09. The van der Waals surface area contributed by atoms with Crippen LogP contribution in [0, 0.1) is 19.7 Å². The van der Waals surface area contributed by atoms with Crippen LogP contribution in [0.4, 0.5) is 4.39 Å². The monoisotopic (exact) mass is 207 g/mol. The Balaban J connectivity index is 2.55. The molecule has 72 valence electrons. The Morgan fingerprint density at radius 1 is 1.29 bits per heavy atom. The molecule has 0 radical (unpaired) electrons. The number of halogens is 1. The molecule has 0 aliphatic heterocycles. The molecule has 0 bridgehead atoms. The van der Waals surface area contributed by atoms with Crippen molar-refractivity contribution in [2.75, 3.05) is 0 Å². The van der Waals surface area contributed by atoms with Gasteiger partial charge in [-0.25, -0.2) is 4.39 Å². The molecule has 0 atom stereocenters. The smallest absolute Gasteiger partial charge is 0.144 e. The fourth-order valence-electron chi connectivity index (χ4n) is 1.34. The molecule has 0 saturated carbocycles. The van der Waals surface area contributed by atoms with Crippen molar-refractivity contribution in [1.82, 2.24) is 4.98 Å². The lowest BCUT2D eigenvalue weighted by Gasteiger charge is -1.99. The second kappa shape index (κ2) is 3.50. The number of pyridine rings is 1. The first kappa shape index (κ1) is 9.34. The number of aromatic nitrogens is 1. The lowest BCUT2D eigenvalue weighted by atomic mass is 10.1. The van der Waals surface area contributed by atoms with Crippen LogP contribution in [0.25, 0.3) is 11.1 Å². The van der Waals surface area contributed by atoms with Gasteiger partial charge in [0.05, 0.1) is 0 Å². The minimum Gasteiger partial charge on any atom is -0.264 e. The zero-order valence-corrected chi connectivity index (χ0v) is 8.86. The summed E-state index contributed by atoms with van der Waals surface area (Å²) < 4.78 is 13.6. The van der Waals surface area contributed by atoms with Crippen LogP contribution in [0.3, 0.4) is 0 Å². The number of thiophene rings is 1. The van der Waals surface area contributed by atoms with Gasteiger partial charge in [-0.1, -0.05) is 0 Å². The zero-order valence-electron chi connectivity index (χ0n) is 8.04. The van der Waals surface area contributed by atoms with Gasteiger partial charge in [0.15, 0.2) is 0 Å². The summed E-state index contributed by atoms with van der Waals surface area (Å²) in [5.41, 5.74) is 2.56. The maximum Gasteiger partial charge on any atom is 0.144 e. The zero-order chi connectivity index (χ0) is 10.1. The molecule has 3 heteroatoms. The molecule has 0 spiro atoms. The third kappa shape index (κ3) is 1.55. The molecule has 0 saturated heterocycles. The summed E-state index contributed by atoms with van der Waals surface area (Å²) in [6, 6.07) is 1.94. The Morgan fingerprint density at radius 2 is 2.07 bits per heavy atom. The minimum atomic E-state index is -0.123. The van der Waals surface area contributed by atoms with Gasteiger partial charge >= 0.3 is 0 Å². The second-order valence-corrected chi connectivity index (χ2v) is 4.35. The maximum atomic E-state index is 13.6. The van der Waals surface area contributed by atoms with Gasteiger partial charge in [0, 0.05) is 33.8 Å². The lowest BCUT2D eigenvalue weighted by Crippen LogP contribution is -1.83. The number of hydrogen-bond donors (Lipinski definition) is 0. The van der Waals surface area contributed by atoms with Crippen LogP contribution in [0.2, 0.25) is 0 Å². The van der Waals surface area contributed by atoms with Crippen molar-refractivity contribution in [2.45, 2.75) is 13.8 Å². The average molecular weight is 207 g/mol. The summed E-state index contributed by atoms with van der Waals surface area (Å²) in [6.45, 7) is 3.74. The molecular formula is C11H10FNS. The normalized spacial score (nSPS) is 10.5. The highest BCUT2D eigenvalue weighted by Crippen LogP contribution is 2.29. The van der Waals surface area contributed by atoms with Crippen molar-refractivity contribution in [3.8, 4) is 11.1 Å². The topological polar surface area (TPSA) is 12.9 Å². The highest BCUT2D eigenvalue weighted by molar-refractivity contribution is 7.10. The third-order valence-corrected chi connectivity index (χ3v) is 2.97. The summed E-state index contributed by atoms with van der Waals surface area (Å²) in [4.78, 5) is 4.77. The molecule has 0 amide bonds. The van der Waals surface area contributed by atoms with E-state index in [9.17, 15) is 4.39 Å². The van der Waals surface area contributed by atoms with Gasteiger partial charge in [0.1, 0.15) is 5.82 Å². The van der Waals surface area contributed by atoms with Crippen molar-refractivity contribution in [2.24, 2.45) is 0 Å². The minimum absolute atomic E-state index is 0.123. The molecule has 14 heavy (non-hydrogen) atoms. The van der Waals surface area contributed by atoms with Crippen LogP contribution in [0.15, 0.2) is 23.8 Å². The van der Waals surface area contributed by atoms with Gasteiger partial charge in [0.2, 0.25) is 0 Å². The molecule has 1 nitrogen and oxygen atoms in total. The van der Waals surface area contributed by atoms with E-state index < -0.39 is 0 Å². The van der Waals surface area contributed by atoms with Crippen molar-refractivity contribution in [1.29, 1.82) is 0 Å². The van der Waals surface area contributed by atoms with Crippen molar-refractivity contribution in [3.63, 3.8) is 0 Å². The summed E-state index contributed by atoms with van der Waals surface area (Å²) in [6.07, 6.45) is 3.46. The highest BCUT2D eigenvalue weighted by atomic mass is 32.1. The molecule has 0 unspecified atom stereocenters. The number of aryl methyl sites for hydroxylation is 2. The molecule has 2 rings (SSSR count). The standard InChI is InChI=1S/C11H10FNS/c1-7-3-9(5-13-4-7)10-6-14-8(2)11(10)12/h3-6H,1-2H3. The molecule has 2 aromatic rings. The number of nitrogens with zero attached hydrogens (tertiary/aromatic N) is 1. The van der Waals surface area contributed by atoms with Gasteiger partial charge < -0.3 is 0 Å². The average Bonchev–Trinajstić information content (AvgIpc) is 2.48. The molecule has 2 aromatic heterocycles. The Bertz CT molecular complexity index is 462. The van der Waals surface area contributed by atoms with Crippen LogP contribution in [-0.4, -0.2) is 4.98 Å². The fraction of sp³-hybridized carbons (Fsp3) is 0.182. The van der Waals surface area contributed by atoms with E-state index in [1.54, 1.807) is 19.3 Å². The largest absolute Gasteiger partial charge is 0.264 e. The first-order valence-corrected chi connectivity index (χ1v) is 5.22. The third-order valence-electron chi connectivity index (χ3n) is 2.09. The summed E-state index contributed by atoms with van der Waals surface area (Å²) >= 11 is 1.43. The first-order valence-electron chi connectivity index (χ1n) is 4.34. The van der Waals surface area contributed by atoms with E-state index in [4.69, 9.17) is 0 Å². The van der Waals surface area contributed by atoms with Crippen LogP contribution in [0.5, 0.6) is 0 Å². The van der Waals surface area contributed by atoms with Gasteiger partial charge in [0.25, 0.3) is 0 Å². The Labute approximate surface area is 86.2 Å². The van der Waals surface area contributed by atoms with Crippen LogP contribution >= 0.6 is 11.3 Å². The van der Waals surface area contributed by atoms with Gasteiger partial charge in [-0.3, -0.25) is 4.98 Å². The van der Waals surface area contributed by atoms with Crippen molar-refractivity contribution >= 4 is 11.3 Å². The summed E-state index contributed by atoms with van der Waals surface area (Å²) in [5.74, 6) is -0.123. The quantitative estimate of drug-likeness (QED) is 0.696. The Hall–Kier alpha value is -1.22. The predicted octanol–water partition coefficient (Wildman–Crippen LogP) is 3.57. The van der Waals surface area contributed by atoms with Crippen molar-refractivity contribution in [3.05, 3.63) is 40.1 Å². The molecule has 0 aliphatic rings. The van der Waals surface area contributed by atoms with Crippen LogP contribution in [0.1, 0.15) is 10.4 Å². The van der Waals surface area contributed by atoms with E-state index in [0.29, 0.717) is 5.56 Å². The number of hydrogen-bond acceptors (Lipinski definition) is 2. The molecule has 0 aromatic carbocycles. The van der Waals surface area contributed by atoms with E-state index in [-0.39, 0.29) is 5.82 Å². The Morgan fingerprint density at radius 3 is 2.64 bits per heavy atom. The fourth-order valence-corrected chi connectivity index (χ4v) is 2.09. The van der Waals surface area contributed by atoms with Crippen molar-refractivity contribution < 1.29 is 4.39 Å². The summed E-state index contributed by atoms with van der Waals surface area (Å²) in [5, 5.41) is 1.83. The van der Waals surface area contributed by atoms with E-state index in [1.165, 1.54) is 11.3 Å². The lowest BCUT2D eigenvalue weighted by molar-refractivity contribution is 0.629. The predicted molar refractivity (Wildman–Crippen MR) is 57.0 cm³/mol. The SMILES string of the molecule is Cc1cncc(-c2csc(C)c2F)c1. The molecule has 0 aliphatic carbocycles. The number of rotatable bonds is 1. The van der Waals surface area contributed by atoms with E-state index in [0.717, 1.165) is 16.0 Å². The maximum absolute atomic E-state index is 13.6. The van der Waals surface area contributed by atoms with Crippen LogP contribution in [-0.2, 0) is 0 Å². The van der Waals surface area contributed by atoms with E-state index >= 15 is 0 Å². The molecule has 2 heterocycles. The Kier molecular flexibility index (Phi) is 2.33. The first-order chi connectivity index (χ1) is 6.68. The molecule has 0 fully saturated rings.